The van der Waals surface area contributed by atoms with Gasteiger partial charge in [0.05, 0.1) is 10.2 Å². The van der Waals surface area contributed by atoms with Crippen LogP contribution in [0.4, 0.5) is 10.8 Å². The third-order valence-electron chi connectivity index (χ3n) is 2.93. The highest BCUT2D eigenvalue weighted by molar-refractivity contribution is 7.22. The summed E-state index contributed by atoms with van der Waals surface area (Å²) in [6.07, 6.45) is 1.02. The van der Waals surface area contributed by atoms with Crippen molar-refractivity contribution in [3.8, 4) is 0 Å². The van der Waals surface area contributed by atoms with Crippen molar-refractivity contribution in [2.24, 2.45) is 0 Å². The average molecular weight is 254 g/mol. The summed E-state index contributed by atoms with van der Waals surface area (Å²) in [6, 6.07) is 16.6. The molecule has 2 aromatic carbocycles. The van der Waals surface area contributed by atoms with Crippen LogP contribution in [-0.2, 0) is 6.42 Å². The van der Waals surface area contributed by atoms with Crippen LogP contribution in [-0.4, -0.2) is 4.98 Å². The van der Waals surface area contributed by atoms with Gasteiger partial charge in [-0.05, 0) is 30.2 Å². The quantitative estimate of drug-likeness (QED) is 0.738. The lowest BCUT2D eigenvalue weighted by molar-refractivity contribution is 1.14. The third kappa shape index (κ3) is 2.09. The van der Waals surface area contributed by atoms with Crippen LogP contribution in [0.3, 0.4) is 0 Å². The number of anilines is 2. The van der Waals surface area contributed by atoms with Gasteiger partial charge in [0.15, 0.2) is 5.13 Å². The molecule has 0 unspecified atom stereocenters. The molecule has 90 valence electrons. The van der Waals surface area contributed by atoms with E-state index in [4.69, 9.17) is 0 Å². The fourth-order valence-corrected chi connectivity index (χ4v) is 2.87. The van der Waals surface area contributed by atoms with Gasteiger partial charge in [-0.1, -0.05) is 48.6 Å². The van der Waals surface area contributed by atoms with Gasteiger partial charge in [0.25, 0.3) is 0 Å². The number of thiazole rings is 1. The SMILES string of the molecule is CCc1ccccc1Nc1nc2ccccc2s1. The van der Waals surface area contributed by atoms with Gasteiger partial charge < -0.3 is 5.32 Å². The molecule has 0 saturated carbocycles. The minimum Gasteiger partial charge on any atom is -0.331 e. The number of nitrogens with zero attached hydrogens (tertiary/aromatic N) is 1. The van der Waals surface area contributed by atoms with Crippen molar-refractivity contribution < 1.29 is 0 Å². The number of nitrogens with one attached hydrogen (secondary N) is 1. The van der Waals surface area contributed by atoms with Crippen molar-refractivity contribution in [1.29, 1.82) is 0 Å². The van der Waals surface area contributed by atoms with Crippen LogP contribution in [0.1, 0.15) is 12.5 Å². The molecule has 0 radical (unpaired) electrons. The predicted molar refractivity (Wildman–Crippen MR) is 78.7 cm³/mol. The Morgan fingerprint density at radius 3 is 2.67 bits per heavy atom. The lowest BCUT2D eigenvalue weighted by Crippen LogP contribution is -1.93. The number of aryl methyl sites for hydroxylation is 1. The van der Waals surface area contributed by atoms with Crippen LogP contribution in [0.2, 0.25) is 0 Å². The maximum absolute atomic E-state index is 4.59. The highest BCUT2D eigenvalue weighted by Gasteiger charge is 2.05. The molecule has 0 spiro atoms. The summed E-state index contributed by atoms with van der Waals surface area (Å²) in [4.78, 5) is 4.59. The van der Waals surface area contributed by atoms with Gasteiger partial charge in [-0.3, -0.25) is 0 Å². The molecule has 3 rings (SSSR count). The minimum atomic E-state index is 0.956. The van der Waals surface area contributed by atoms with Gasteiger partial charge in [-0.2, -0.15) is 0 Å². The predicted octanol–water partition coefficient (Wildman–Crippen LogP) is 4.60. The van der Waals surface area contributed by atoms with E-state index < -0.39 is 0 Å². The van der Waals surface area contributed by atoms with Gasteiger partial charge in [-0.25, -0.2) is 4.98 Å². The number of benzene rings is 2. The smallest absolute Gasteiger partial charge is 0.188 e. The highest BCUT2D eigenvalue weighted by Crippen LogP contribution is 2.29. The van der Waals surface area contributed by atoms with Crippen LogP contribution in [0.5, 0.6) is 0 Å². The van der Waals surface area contributed by atoms with Crippen LogP contribution in [0.25, 0.3) is 10.2 Å². The zero-order valence-electron chi connectivity index (χ0n) is 10.2. The highest BCUT2D eigenvalue weighted by atomic mass is 32.1. The summed E-state index contributed by atoms with van der Waals surface area (Å²) in [5.41, 5.74) is 3.52. The normalized spacial score (nSPS) is 10.7. The van der Waals surface area contributed by atoms with E-state index in [2.05, 4.69) is 47.6 Å². The second-order valence-corrected chi connectivity index (χ2v) is 5.15. The van der Waals surface area contributed by atoms with E-state index in [1.165, 1.54) is 10.3 Å². The van der Waals surface area contributed by atoms with Crippen molar-refractivity contribution in [3.63, 3.8) is 0 Å². The monoisotopic (exact) mass is 254 g/mol. The zero-order valence-corrected chi connectivity index (χ0v) is 11.0. The Balaban J connectivity index is 1.96. The molecule has 3 heteroatoms. The fourth-order valence-electron chi connectivity index (χ4n) is 1.99. The van der Waals surface area contributed by atoms with E-state index in [-0.39, 0.29) is 0 Å². The molecule has 0 atom stereocenters. The Morgan fingerprint density at radius 1 is 1.06 bits per heavy atom. The molecule has 0 amide bonds. The van der Waals surface area contributed by atoms with E-state index in [1.54, 1.807) is 11.3 Å². The van der Waals surface area contributed by atoms with Gasteiger partial charge in [0.2, 0.25) is 0 Å². The van der Waals surface area contributed by atoms with Gasteiger partial charge in [0.1, 0.15) is 0 Å². The summed E-state index contributed by atoms with van der Waals surface area (Å²) in [7, 11) is 0. The Kier molecular flexibility index (Phi) is 2.99. The topological polar surface area (TPSA) is 24.9 Å². The molecule has 0 bridgehead atoms. The van der Waals surface area contributed by atoms with E-state index >= 15 is 0 Å². The molecule has 3 aromatic rings. The maximum Gasteiger partial charge on any atom is 0.188 e. The summed E-state index contributed by atoms with van der Waals surface area (Å²) in [6.45, 7) is 2.17. The first kappa shape index (κ1) is 11.2. The Morgan fingerprint density at radius 2 is 1.83 bits per heavy atom. The van der Waals surface area contributed by atoms with E-state index in [0.717, 1.165) is 22.8 Å². The standard InChI is InChI=1S/C15H14N2S/c1-2-11-7-3-4-8-12(11)16-15-17-13-9-5-6-10-14(13)18-15/h3-10H,2H2,1H3,(H,16,17). The second kappa shape index (κ2) is 4.78. The van der Waals surface area contributed by atoms with Crippen LogP contribution < -0.4 is 5.32 Å². The van der Waals surface area contributed by atoms with Crippen molar-refractivity contribution in [2.45, 2.75) is 13.3 Å². The van der Waals surface area contributed by atoms with Crippen molar-refractivity contribution in [3.05, 3.63) is 54.1 Å². The third-order valence-corrected chi connectivity index (χ3v) is 3.89. The first-order valence-electron chi connectivity index (χ1n) is 6.07. The number of rotatable bonds is 3. The molecule has 0 aliphatic rings. The van der Waals surface area contributed by atoms with Crippen molar-refractivity contribution >= 4 is 32.4 Å². The largest absolute Gasteiger partial charge is 0.331 e. The van der Waals surface area contributed by atoms with Gasteiger partial charge in [-0.15, -0.1) is 0 Å². The van der Waals surface area contributed by atoms with E-state index in [9.17, 15) is 0 Å². The van der Waals surface area contributed by atoms with E-state index in [1.807, 2.05) is 18.2 Å². The first-order valence-corrected chi connectivity index (χ1v) is 6.89. The second-order valence-electron chi connectivity index (χ2n) is 4.12. The molecule has 1 aromatic heterocycles. The number of aromatic nitrogens is 1. The van der Waals surface area contributed by atoms with Gasteiger partial charge >= 0.3 is 0 Å². The van der Waals surface area contributed by atoms with Crippen LogP contribution >= 0.6 is 11.3 Å². The van der Waals surface area contributed by atoms with Crippen LogP contribution in [0.15, 0.2) is 48.5 Å². The maximum atomic E-state index is 4.59. The molecule has 0 aliphatic heterocycles. The average Bonchev–Trinajstić information content (AvgIpc) is 2.81. The minimum absolute atomic E-state index is 0.956. The molecule has 1 N–H and O–H groups in total. The molecule has 1 heterocycles. The molecular formula is C15H14N2S. The van der Waals surface area contributed by atoms with Crippen molar-refractivity contribution in [1.82, 2.24) is 4.98 Å². The number of hydrogen-bond donors (Lipinski definition) is 1. The molecule has 0 aliphatic carbocycles. The lowest BCUT2D eigenvalue weighted by atomic mass is 10.1. The van der Waals surface area contributed by atoms with Crippen LogP contribution in [0, 0.1) is 0 Å². The molecule has 2 nitrogen and oxygen atoms in total. The Hall–Kier alpha value is -1.87. The summed E-state index contributed by atoms with van der Waals surface area (Å²) in [5.74, 6) is 0. The number of fused-ring (bicyclic) bond motifs is 1. The molecule has 18 heavy (non-hydrogen) atoms. The van der Waals surface area contributed by atoms with E-state index in [0.29, 0.717) is 0 Å². The Bertz CT molecular complexity index is 640. The fraction of sp³-hybridized carbons (Fsp3) is 0.133. The lowest BCUT2D eigenvalue weighted by Gasteiger charge is -2.07. The summed E-state index contributed by atoms with van der Waals surface area (Å²) in [5, 5.41) is 4.38. The first-order chi connectivity index (χ1) is 8.86. The molecule has 0 fully saturated rings. The number of hydrogen-bond acceptors (Lipinski definition) is 3. The van der Waals surface area contributed by atoms with Crippen molar-refractivity contribution in [2.75, 3.05) is 5.32 Å². The number of para-hydroxylation sites is 2. The van der Waals surface area contributed by atoms with Gasteiger partial charge in [0, 0.05) is 5.69 Å². The zero-order chi connectivity index (χ0) is 12.4. The summed E-state index contributed by atoms with van der Waals surface area (Å²) < 4.78 is 1.22. The molecular weight excluding hydrogens is 240 g/mol. The molecule has 0 saturated heterocycles. The Labute approximate surface area is 110 Å². The summed E-state index contributed by atoms with van der Waals surface area (Å²) >= 11 is 1.69.